The molecule has 1 aromatic rings. The first kappa shape index (κ1) is 14.9. The van der Waals surface area contributed by atoms with Crippen LogP contribution >= 0.6 is 0 Å². The molecule has 0 saturated carbocycles. The number of carboxylic acids is 1. The summed E-state index contributed by atoms with van der Waals surface area (Å²) >= 11 is 0. The number of pyridine rings is 1. The van der Waals surface area contributed by atoms with Gasteiger partial charge in [0.15, 0.2) is 5.69 Å². The molecule has 6 heteroatoms. The number of urea groups is 1. The molecule has 0 spiro atoms. The van der Waals surface area contributed by atoms with Crippen LogP contribution in [0.5, 0.6) is 0 Å². The summed E-state index contributed by atoms with van der Waals surface area (Å²) in [7, 11) is 0. The van der Waals surface area contributed by atoms with Crippen molar-refractivity contribution in [1.82, 2.24) is 10.3 Å². The summed E-state index contributed by atoms with van der Waals surface area (Å²) in [5, 5.41) is 14.3. The number of hydrogen-bond donors (Lipinski definition) is 3. The molecule has 0 aliphatic carbocycles. The number of anilines is 1. The minimum absolute atomic E-state index is 0.0462. The van der Waals surface area contributed by atoms with Crippen LogP contribution in [0.4, 0.5) is 10.5 Å². The number of carboxylic acid groups (broad SMARTS) is 1. The van der Waals surface area contributed by atoms with Crippen molar-refractivity contribution < 1.29 is 14.7 Å². The van der Waals surface area contributed by atoms with Crippen LogP contribution in [0.2, 0.25) is 0 Å². The first-order valence-electron chi connectivity index (χ1n) is 6.21. The molecule has 0 bridgehead atoms. The van der Waals surface area contributed by atoms with Gasteiger partial charge in [0.25, 0.3) is 0 Å². The van der Waals surface area contributed by atoms with Gasteiger partial charge in [0, 0.05) is 12.2 Å². The third-order valence-corrected chi connectivity index (χ3v) is 2.82. The van der Waals surface area contributed by atoms with Crippen LogP contribution in [0.25, 0.3) is 0 Å². The number of aromatic carboxylic acids is 1. The van der Waals surface area contributed by atoms with E-state index in [4.69, 9.17) is 5.11 Å². The average molecular weight is 265 g/mol. The summed E-state index contributed by atoms with van der Waals surface area (Å²) in [4.78, 5) is 26.5. The van der Waals surface area contributed by atoms with E-state index in [0.717, 1.165) is 6.42 Å². The zero-order valence-electron chi connectivity index (χ0n) is 11.3. The lowest BCUT2D eigenvalue weighted by atomic mass is 10.0. The highest BCUT2D eigenvalue weighted by Gasteiger charge is 2.17. The lowest BCUT2D eigenvalue weighted by molar-refractivity contribution is 0.0691. The topological polar surface area (TPSA) is 91.3 Å². The molecule has 104 valence electrons. The van der Waals surface area contributed by atoms with E-state index in [2.05, 4.69) is 15.6 Å². The van der Waals surface area contributed by atoms with Gasteiger partial charge in [-0.15, -0.1) is 0 Å². The molecule has 0 aliphatic rings. The quantitative estimate of drug-likeness (QED) is 0.762. The van der Waals surface area contributed by atoms with Gasteiger partial charge in [-0.05, 0) is 24.5 Å². The summed E-state index contributed by atoms with van der Waals surface area (Å²) in [5.41, 5.74) is 0.0151. The first-order valence-corrected chi connectivity index (χ1v) is 6.21. The molecule has 19 heavy (non-hydrogen) atoms. The second kappa shape index (κ2) is 6.72. The molecule has 2 amide bonds. The van der Waals surface area contributed by atoms with Gasteiger partial charge in [-0.25, -0.2) is 14.6 Å². The normalized spacial score (nSPS) is 12.0. The van der Waals surface area contributed by atoms with E-state index in [9.17, 15) is 9.59 Å². The van der Waals surface area contributed by atoms with Crippen LogP contribution in [0.15, 0.2) is 18.3 Å². The van der Waals surface area contributed by atoms with E-state index in [1.807, 2.05) is 20.8 Å². The van der Waals surface area contributed by atoms with Crippen LogP contribution < -0.4 is 10.6 Å². The van der Waals surface area contributed by atoms with E-state index in [-0.39, 0.29) is 17.4 Å². The minimum Gasteiger partial charge on any atom is -0.476 e. The van der Waals surface area contributed by atoms with Crippen molar-refractivity contribution in [1.29, 1.82) is 0 Å². The number of nitrogens with zero attached hydrogens (tertiary/aromatic N) is 1. The van der Waals surface area contributed by atoms with Crippen molar-refractivity contribution in [3.05, 3.63) is 24.0 Å². The average Bonchev–Trinajstić information content (AvgIpc) is 2.35. The monoisotopic (exact) mass is 265 g/mol. The second-order valence-electron chi connectivity index (χ2n) is 4.56. The lowest BCUT2D eigenvalue weighted by Crippen LogP contribution is -2.40. The summed E-state index contributed by atoms with van der Waals surface area (Å²) in [6.07, 6.45) is 2.18. The molecule has 1 heterocycles. The van der Waals surface area contributed by atoms with Gasteiger partial charge in [0.05, 0.1) is 5.69 Å². The standard InChI is InChI=1S/C13H19N3O3/c1-4-9(8(2)3)15-13(19)16-10-6-5-7-14-11(10)12(17)18/h5-9H,4H2,1-3H3,(H,17,18)(H2,15,16,19). The summed E-state index contributed by atoms with van der Waals surface area (Å²) in [6.45, 7) is 6.01. The molecule has 0 saturated heterocycles. The van der Waals surface area contributed by atoms with Crippen LogP contribution in [0.3, 0.4) is 0 Å². The molecule has 0 aliphatic heterocycles. The van der Waals surface area contributed by atoms with E-state index < -0.39 is 12.0 Å². The number of hydrogen-bond acceptors (Lipinski definition) is 3. The van der Waals surface area contributed by atoms with E-state index in [1.165, 1.54) is 12.3 Å². The summed E-state index contributed by atoms with van der Waals surface area (Å²) in [5.74, 6) is -0.865. The molecule has 3 N–H and O–H groups in total. The fourth-order valence-corrected chi connectivity index (χ4v) is 1.74. The predicted molar refractivity (Wildman–Crippen MR) is 72.3 cm³/mol. The minimum atomic E-state index is -1.17. The third-order valence-electron chi connectivity index (χ3n) is 2.82. The molecule has 0 aromatic carbocycles. The zero-order valence-corrected chi connectivity index (χ0v) is 11.3. The third kappa shape index (κ3) is 4.24. The van der Waals surface area contributed by atoms with Crippen molar-refractivity contribution in [2.45, 2.75) is 33.2 Å². The van der Waals surface area contributed by atoms with Gasteiger partial charge in [-0.2, -0.15) is 0 Å². The van der Waals surface area contributed by atoms with Gasteiger partial charge in [-0.3, -0.25) is 0 Å². The van der Waals surface area contributed by atoms with Crippen LogP contribution in [-0.4, -0.2) is 28.1 Å². The second-order valence-corrected chi connectivity index (χ2v) is 4.56. The van der Waals surface area contributed by atoms with Crippen LogP contribution in [-0.2, 0) is 0 Å². The Morgan fingerprint density at radius 1 is 1.42 bits per heavy atom. The summed E-state index contributed by atoms with van der Waals surface area (Å²) < 4.78 is 0. The number of aromatic nitrogens is 1. The Morgan fingerprint density at radius 3 is 2.63 bits per heavy atom. The van der Waals surface area contributed by atoms with Gasteiger partial charge in [0.1, 0.15) is 0 Å². The van der Waals surface area contributed by atoms with Crippen LogP contribution in [0.1, 0.15) is 37.7 Å². The zero-order chi connectivity index (χ0) is 14.4. The SMILES string of the molecule is CCC(NC(=O)Nc1cccnc1C(=O)O)C(C)C. The number of carbonyl (C=O) groups is 2. The maximum absolute atomic E-state index is 11.8. The van der Waals surface area contributed by atoms with Crippen molar-refractivity contribution >= 4 is 17.7 Å². The van der Waals surface area contributed by atoms with Crippen LogP contribution in [0, 0.1) is 5.92 Å². The molecule has 0 fully saturated rings. The highest BCUT2D eigenvalue weighted by atomic mass is 16.4. The first-order chi connectivity index (χ1) is 8.95. The maximum atomic E-state index is 11.8. The van der Waals surface area contributed by atoms with Crippen molar-refractivity contribution in [3.8, 4) is 0 Å². The fraction of sp³-hybridized carbons (Fsp3) is 0.462. The number of carbonyl (C=O) groups excluding carboxylic acids is 1. The Morgan fingerprint density at radius 2 is 2.11 bits per heavy atom. The van der Waals surface area contributed by atoms with Gasteiger partial charge in [0.2, 0.25) is 0 Å². The Labute approximate surface area is 112 Å². The highest BCUT2D eigenvalue weighted by Crippen LogP contribution is 2.12. The lowest BCUT2D eigenvalue weighted by Gasteiger charge is -2.21. The molecule has 1 unspecified atom stereocenters. The fourth-order valence-electron chi connectivity index (χ4n) is 1.74. The predicted octanol–water partition coefficient (Wildman–Crippen LogP) is 2.34. The van der Waals surface area contributed by atoms with E-state index >= 15 is 0 Å². The van der Waals surface area contributed by atoms with Crippen molar-refractivity contribution in [2.75, 3.05) is 5.32 Å². The van der Waals surface area contributed by atoms with Crippen molar-refractivity contribution in [3.63, 3.8) is 0 Å². The Bertz CT molecular complexity index is 460. The maximum Gasteiger partial charge on any atom is 0.356 e. The molecule has 1 aromatic heterocycles. The largest absolute Gasteiger partial charge is 0.476 e. The molecule has 1 atom stereocenters. The molecule has 1 rings (SSSR count). The number of amides is 2. The molecule has 6 nitrogen and oxygen atoms in total. The summed E-state index contributed by atoms with van der Waals surface area (Å²) in [6, 6.07) is 2.70. The van der Waals surface area contributed by atoms with E-state index in [1.54, 1.807) is 6.07 Å². The smallest absolute Gasteiger partial charge is 0.356 e. The number of nitrogens with one attached hydrogen (secondary N) is 2. The molecular formula is C13H19N3O3. The van der Waals surface area contributed by atoms with Gasteiger partial charge in [-0.1, -0.05) is 20.8 Å². The Balaban J connectivity index is 2.75. The molecule has 0 radical (unpaired) electrons. The Kier molecular flexibility index (Phi) is 5.29. The van der Waals surface area contributed by atoms with Crippen molar-refractivity contribution in [2.24, 2.45) is 5.92 Å². The molecular weight excluding hydrogens is 246 g/mol. The highest BCUT2D eigenvalue weighted by molar-refractivity contribution is 5.98. The van der Waals surface area contributed by atoms with Gasteiger partial charge >= 0.3 is 12.0 Å². The Hall–Kier alpha value is -2.11. The van der Waals surface area contributed by atoms with E-state index in [0.29, 0.717) is 5.92 Å². The number of rotatable bonds is 5. The van der Waals surface area contributed by atoms with Gasteiger partial charge < -0.3 is 15.7 Å².